The van der Waals surface area contributed by atoms with Gasteiger partial charge in [-0.25, -0.2) is 4.98 Å². The Balaban J connectivity index is 1.84. The number of benzene rings is 1. The van der Waals surface area contributed by atoms with Gasteiger partial charge in [0.2, 0.25) is 5.82 Å². The molecule has 134 valence electrons. The second-order valence-electron chi connectivity index (χ2n) is 5.79. The summed E-state index contributed by atoms with van der Waals surface area (Å²) in [6.45, 7) is 1.09. The quantitative estimate of drug-likeness (QED) is 0.881. The molecule has 3 rings (SSSR count). The maximum atomic E-state index is 12.7. The summed E-state index contributed by atoms with van der Waals surface area (Å²) < 4.78 is 43.4. The summed E-state index contributed by atoms with van der Waals surface area (Å²) >= 11 is 0. The first-order valence-electron chi connectivity index (χ1n) is 7.55. The summed E-state index contributed by atoms with van der Waals surface area (Å²) in [7, 11) is 1.48. The second-order valence-corrected chi connectivity index (χ2v) is 5.79. The number of phenolic OH excluding ortho intramolecular Hbond substituents is 1. The Hall–Kier alpha value is -2.55. The summed E-state index contributed by atoms with van der Waals surface area (Å²) in [6.07, 6.45) is -4.42. The molecule has 0 fully saturated rings. The molecule has 6 nitrogen and oxygen atoms in total. The summed E-state index contributed by atoms with van der Waals surface area (Å²) in [5.41, 5.74) is 0.474. The van der Waals surface area contributed by atoms with E-state index in [1.165, 1.54) is 19.2 Å². The van der Waals surface area contributed by atoms with Crippen LogP contribution in [0.2, 0.25) is 0 Å². The van der Waals surface area contributed by atoms with E-state index >= 15 is 0 Å². The van der Waals surface area contributed by atoms with Crippen LogP contribution in [0.15, 0.2) is 23.0 Å². The third-order valence-corrected chi connectivity index (χ3v) is 4.08. The first-order chi connectivity index (χ1) is 11.8. The molecule has 0 amide bonds. The fourth-order valence-electron chi connectivity index (χ4n) is 2.85. The van der Waals surface area contributed by atoms with E-state index in [9.17, 15) is 23.1 Å². The van der Waals surface area contributed by atoms with E-state index in [1.807, 2.05) is 9.88 Å². The maximum Gasteiger partial charge on any atom is 0.449 e. The van der Waals surface area contributed by atoms with E-state index in [0.717, 1.165) is 5.56 Å². The Morgan fingerprint density at radius 3 is 2.84 bits per heavy atom. The van der Waals surface area contributed by atoms with Crippen LogP contribution in [0.5, 0.6) is 11.5 Å². The van der Waals surface area contributed by atoms with Crippen LogP contribution in [0.1, 0.15) is 22.6 Å². The van der Waals surface area contributed by atoms with Gasteiger partial charge in [0.05, 0.1) is 18.4 Å². The molecule has 1 aliphatic rings. The molecular weight excluding hydrogens is 339 g/mol. The van der Waals surface area contributed by atoms with Crippen LogP contribution < -0.4 is 10.3 Å². The largest absolute Gasteiger partial charge is 0.508 e. The SMILES string of the molecule is COc1cc(O)ccc1CN1CCc2nc(C(F)(F)F)[nH]c(=O)c2C1. The number of aromatic amines is 1. The summed E-state index contributed by atoms with van der Waals surface area (Å²) in [6, 6.07) is 4.72. The lowest BCUT2D eigenvalue weighted by atomic mass is 10.1. The Bertz CT molecular complexity index is 849. The molecule has 0 atom stereocenters. The number of hydrogen-bond acceptors (Lipinski definition) is 5. The number of fused-ring (bicyclic) bond motifs is 1. The molecule has 2 N–H and O–H groups in total. The van der Waals surface area contributed by atoms with E-state index in [4.69, 9.17) is 4.74 Å². The number of H-pyrrole nitrogens is 1. The molecule has 25 heavy (non-hydrogen) atoms. The van der Waals surface area contributed by atoms with Crippen LogP contribution in [0.3, 0.4) is 0 Å². The van der Waals surface area contributed by atoms with Gasteiger partial charge in [-0.05, 0) is 6.07 Å². The first-order valence-corrected chi connectivity index (χ1v) is 7.55. The zero-order valence-corrected chi connectivity index (χ0v) is 13.4. The van der Waals surface area contributed by atoms with Crippen molar-refractivity contribution in [2.24, 2.45) is 0 Å². The molecule has 0 radical (unpaired) electrons. The van der Waals surface area contributed by atoms with Crippen LogP contribution in [-0.2, 0) is 25.7 Å². The van der Waals surface area contributed by atoms with Crippen molar-refractivity contribution < 1.29 is 23.0 Å². The molecule has 2 heterocycles. The normalized spacial score (nSPS) is 15.0. The summed E-state index contributed by atoms with van der Waals surface area (Å²) in [5, 5.41) is 9.49. The average molecular weight is 355 g/mol. The number of aromatic hydroxyl groups is 1. The highest BCUT2D eigenvalue weighted by Crippen LogP contribution is 2.28. The van der Waals surface area contributed by atoms with Crippen molar-refractivity contribution in [3.63, 3.8) is 0 Å². The molecule has 0 aliphatic carbocycles. The van der Waals surface area contributed by atoms with Gasteiger partial charge in [0, 0.05) is 37.7 Å². The predicted octanol–water partition coefficient (Wildman–Crippen LogP) is 2.06. The number of rotatable bonds is 3. The molecular formula is C16H16F3N3O3. The maximum absolute atomic E-state index is 12.7. The highest BCUT2D eigenvalue weighted by Gasteiger charge is 2.36. The van der Waals surface area contributed by atoms with Gasteiger partial charge < -0.3 is 14.8 Å². The van der Waals surface area contributed by atoms with Crippen LogP contribution in [0, 0.1) is 0 Å². The fraction of sp³-hybridized carbons (Fsp3) is 0.375. The van der Waals surface area contributed by atoms with Gasteiger partial charge in [0.25, 0.3) is 5.56 Å². The third-order valence-electron chi connectivity index (χ3n) is 4.08. The molecule has 1 aliphatic heterocycles. The Labute approximate surface area is 140 Å². The number of ether oxygens (including phenoxy) is 1. The third kappa shape index (κ3) is 3.60. The number of phenols is 1. The number of halogens is 3. The van der Waals surface area contributed by atoms with Gasteiger partial charge >= 0.3 is 6.18 Å². The van der Waals surface area contributed by atoms with E-state index in [-0.39, 0.29) is 30.0 Å². The topological polar surface area (TPSA) is 78.5 Å². The number of nitrogens with zero attached hydrogens (tertiary/aromatic N) is 2. The van der Waals surface area contributed by atoms with E-state index < -0.39 is 17.6 Å². The first kappa shape index (κ1) is 17.3. The van der Waals surface area contributed by atoms with Gasteiger partial charge in [0.15, 0.2) is 0 Å². The fourth-order valence-corrected chi connectivity index (χ4v) is 2.85. The predicted molar refractivity (Wildman–Crippen MR) is 82.3 cm³/mol. The number of alkyl halides is 3. The minimum atomic E-state index is -4.68. The van der Waals surface area contributed by atoms with Crippen LogP contribution >= 0.6 is 0 Å². The van der Waals surface area contributed by atoms with Crippen molar-refractivity contribution in [3.05, 3.63) is 51.2 Å². The lowest BCUT2D eigenvalue weighted by Gasteiger charge is -2.28. The van der Waals surface area contributed by atoms with Crippen LogP contribution in [0.4, 0.5) is 13.2 Å². The van der Waals surface area contributed by atoms with Crippen molar-refractivity contribution in [3.8, 4) is 11.5 Å². The van der Waals surface area contributed by atoms with Crippen molar-refractivity contribution >= 4 is 0 Å². The standard InChI is InChI=1S/C16H16F3N3O3/c1-25-13-6-10(23)3-2-9(13)7-22-5-4-12-11(8-22)14(24)21-15(20-12)16(17,18)19/h2-3,6,23H,4-5,7-8H2,1H3,(H,20,21,24). The molecule has 0 saturated heterocycles. The van der Waals surface area contributed by atoms with Crippen molar-refractivity contribution in [2.45, 2.75) is 25.7 Å². The van der Waals surface area contributed by atoms with E-state index in [2.05, 4.69) is 4.98 Å². The lowest BCUT2D eigenvalue weighted by molar-refractivity contribution is -0.145. The Morgan fingerprint density at radius 2 is 2.16 bits per heavy atom. The number of methoxy groups -OCH3 is 1. The van der Waals surface area contributed by atoms with Crippen molar-refractivity contribution in [2.75, 3.05) is 13.7 Å². The van der Waals surface area contributed by atoms with Gasteiger partial charge in [-0.3, -0.25) is 9.69 Å². The second kappa shape index (κ2) is 6.40. The number of nitrogens with one attached hydrogen (secondary N) is 1. The minimum absolute atomic E-state index is 0.0740. The Kier molecular flexibility index (Phi) is 4.42. The molecule has 0 unspecified atom stereocenters. The van der Waals surface area contributed by atoms with Gasteiger partial charge in [-0.15, -0.1) is 0 Å². The highest BCUT2D eigenvalue weighted by molar-refractivity contribution is 5.40. The molecule has 0 saturated carbocycles. The molecule has 1 aromatic heterocycles. The molecule has 2 aromatic rings. The van der Waals surface area contributed by atoms with Crippen molar-refractivity contribution in [1.82, 2.24) is 14.9 Å². The average Bonchev–Trinajstić information content (AvgIpc) is 2.56. The van der Waals surface area contributed by atoms with Crippen LogP contribution in [0.25, 0.3) is 0 Å². The smallest absolute Gasteiger partial charge is 0.449 e. The van der Waals surface area contributed by atoms with Crippen molar-refractivity contribution in [1.29, 1.82) is 0 Å². The molecule has 0 bridgehead atoms. The number of aromatic nitrogens is 2. The van der Waals surface area contributed by atoms with E-state index in [0.29, 0.717) is 18.8 Å². The Morgan fingerprint density at radius 1 is 1.40 bits per heavy atom. The number of hydrogen-bond donors (Lipinski definition) is 2. The monoisotopic (exact) mass is 355 g/mol. The zero-order chi connectivity index (χ0) is 18.2. The van der Waals surface area contributed by atoms with Gasteiger partial charge in [-0.1, -0.05) is 6.07 Å². The summed E-state index contributed by atoms with van der Waals surface area (Å²) in [4.78, 5) is 19.3. The zero-order valence-electron chi connectivity index (χ0n) is 13.4. The van der Waals surface area contributed by atoms with Gasteiger partial charge in [0.1, 0.15) is 11.5 Å². The van der Waals surface area contributed by atoms with Crippen LogP contribution in [-0.4, -0.2) is 33.6 Å². The molecule has 9 heteroatoms. The molecule has 1 aromatic carbocycles. The van der Waals surface area contributed by atoms with E-state index in [1.54, 1.807) is 6.07 Å². The minimum Gasteiger partial charge on any atom is -0.508 e. The lowest BCUT2D eigenvalue weighted by Crippen LogP contribution is -2.36. The highest BCUT2D eigenvalue weighted by atomic mass is 19.4. The summed E-state index contributed by atoms with van der Waals surface area (Å²) in [5.74, 6) is -0.680. The molecule has 0 spiro atoms. The van der Waals surface area contributed by atoms with Gasteiger partial charge in [-0.2, -0.15) is 13.2 Å².